The SMILES string of the molecule is C1=NCCN1.O=S(=O)(O)S. The third-order valence-electron chi connectivity index (χ3n) is 0.568. The average Bonchev–Trinajstić information content (AvgIpc) is 2.07. The fourth-order valence-corrected chi connectivity index (χ4v) is 0.323. The summed E-state index contributed by atoms with van der Waals surface area (Å²) in [5.74, 6) is 0. The summed E-state index contributed by atoms with van der Waals surface area (Å²) in [6, 6.07) is 0. The van der Waals surface area contributed by atoms with Crippen LogP contribution in [0.4, 0.5) is 0 Å². The number of hydrogen-bond donors (Lipinski definition) is 3. The molecule has 0 fully saturated rings. The van der Waals surface area contributed by atoms with E-state index in [0.29, 0.717) is 0 Å². The van der Waals surface area contributed by atoms with E-state index in [0.717, 1.165) is 13.1 Å². The molecule has 1 rings (SSSR count). The van der Waals surface area contributed by atoms with Gasteiger partial charge in [-0.2, -0.15) is 8.42 Å². The fraction of sp³-hybridized carbons (Fsp3) is 0.667. The lowest BCUT2D eigenvalue weighted by Crippen LogP contribution is -2.04. The molecule has 0 bridgehead atoms. The van der Waals surface area contributed by atoms with E-state index in [2.05, 4.69) is 22.0 Å². The largest absolute Gasteiger partial charge is 0.375 e. The predicted molar refractivity (Wildman–Crippen MR) is 41.9 cm³/mol. The summed E-state index contributed by atoms with van der Waals surface area (Å²) in [7, 11) is -3.97. The first-order chi connectivity index (χ1) is 4.50. The molecule has 0 atom stereocenters. The minimum Gasteiger partial charge on any atom is -0.375 e. The van der Waals surface area contributed by atoms with Gasteiger partial charge in [0.1, 0.15) is 0 Å². The van der Waals surface area contributed by atoms with Crippen molar-refractivity contribution in [2.24, 2.45) is 4.99 Å². The van der Waals surface area contributed by atoms with Crippen molar-refractivity contribution < 1.29 is 13.0 Å². The van der Waals surface area contributed by atoms with Crippen molar-refractivity contribution in [3.05, 3.63) is 0 Å². The maximum absolute atomic E-state index is 9.05. The number of hydrogen-bond acceptors (Lipinski definition) is 4. The van der Waals surface area contributed by atoms with E-state index in [-0.39, 0.29) is 0 Å². The monoisotopic (exact) mass is 184 g/mol. The average molecular weight is 184 g/mol. The summed E-state index contributed by atoms with van der Waals surface area (Å²) >= 11 is 2.65. The van der Waals surface area contributed by atoms with Gasteiger partial charge in [-0.25, -0.2) is 0 Å². The third kappa shape index (κ3) is 15.6. The molecule has 2 N–H and O–H groups in total. The third-order valence-corrected chi connectivity index (χ3v) is 0.568. The molecular weight excluding hydrogens is 176 g/mol. The summed E-state index contributed by atoms with van der Waals surface area (Å²) in [5.41, 5.74) is 0. The zero-order chi connectivity index (χ0) is 8.04. The number of rotatable bonds is 0. The molecule has 0 unspecified atom stereocenters. The van der Waals surface area contributed by atoms with E-state index >= 15 is 0 Å². The molecule has 1 aliphatic rings. The molecule has 0 aromatic heterocycles. The molecule has 7 heteroatoms. The predicted octanol–water partition coefficient (Wildman–Crippen LogP) is -0.663. The van der Waals surface area contributed by atoms with E-state index in [1.165, 1.54) is 0 Å². The van der Waals surface area contributed by atoms with Crippen molar-refractivity contribution in [3.8, 4) is 0 Å². The first kappa shape index (κ1) is 9.73. The van der Waals surface area contributed by atoms with E-state index in [1.54, 1.807) is 6.34 Å². The summed E-state index contributed by atoms with van der Waals surface area (Å²) in [6.45, 7) is 1.99. The van der Waals surface area contributed by atoms with E-state index in [9.17, 15) is 0 Å². The van der Waals surface area contributed by atoms with E-state index in [1.807, 2.05) is 0 Å². The highest BCUT2D eigenvalue weighted by Gasteiger charge is 1.83. The molecule has 0 amide bonds. The van der Waals surface area contributed by atoms with Crippen LogP contribution < -0.4 is 5.32 Å². The molecule has 0 aliphatic carbocycles. The second-order valence-electron chi connectivity index (χ2n) is 1.44. The van der Waals surface area contributed by atoms with Crippen LogP contribution in [0.5, 0.6) is 0 Å². The smallest absolute Gasteiger partial charge is 0.316 e. The van der Waals surface area contributed by atoms with E-state index in [4.69, 9.17) is 13.0 Å². The molecule has 1 heterocycles. The Bertz CT molecular complexity index is 184. The standard InChI is InChI=1S/C3H6N2.H2O3S2/c1-2-5-3-4-1;1-5(2,3)4/h3H,1-2H2,(H,4,5);(H2,1,2,3,4). The molecule has 0 aromatic carbocycles. The van der Waals surface area contributed by atoms with Gasteiger partial charge >= 0.3 is 9.15 Å². The molecule has 5 nitrogen and oxygen atoms in total. The van der Waals surface area contributed by atoms with Gasteiger partial charge in [0.05, 0.1) is 12.9 Å². The molecule has 0 spiro atoms. The Morgan fingerprint density at radius 3 is 2.30 bits per heavy atom. The van der Waals surface area contributed by atoms with Crippen molar-refractivity contribution in [1.29, 1.82) is 0 Å². The maximum Gasteiger partial charge on any atom is 0.316 e. The van der Waals surface area contributed by atoms with Crippen LogP contribution in [0.3, 0.4) is 0 Å². The number of aliphatic imine (C=N–C) groups is 1. The summed E-state index contributed by atoms with van der Waals surface area (Å²) < 4.78 is 25.5. The van der Waals surface area contributed by atoms with Crippen LogP contribution in [0.2, 0.25) is 0 Å². The van der Waals surface area contributed by atoms with Crippen LogP contribution in [-0.2, 0) is 9.15 Å². The molecular formula is C3H8N2O3S2. The lowest BCUT2D eigenvalue weighted by Gasteiger charge is -1.75. The minimum atomic E-state index is -3.97. The number of nitrogens with one attached hydrogen (secondary N) is 1. The van der Waals surface area contributed by atoms with Gasteiger partial charge in [0.25, 0.3) is 0 Å². The van der Waals surface area contributed by atoms with Crippen LogP contribution >= 0.6 is 11.7 Å². The van der Waals surface area contributed by atoms with Crippen molar-refractivity contribution in [1.82, 2.24) is 5.32 Å². The van der Waals surface area contributed by atoms with Crippen LogP contribution in [0.25, 0.3) is 0 Å². The molecule has 1 aliphatic heterocycles. The first-order valence-electron chi connectivity index (χ1n) is 2.42. The Hall–Kier alpha value is -0.270. The summed E-state index contributed by atoms with van der Waals surface area (Å²) in [4.78, 5) is 3.85. The second-order valence-corrected chi connectivity index (χ2v) is 3.72. The van der Waals surface area contributed by atoms with Crippen molar-refractivity contribution in [2.75, 3.05) is 13.1 Å². The van der Waals surface area contributed by atoms with E-state index < -0.39 is 9.15 Å². The molecule has 60 valence electrons. The van der Waals surface area contributed by atoms with Gasteiger partial charge < -0.3 is 5.32 Å². The van der Waals surface area contributed by atoms with Gasteiger partial charge in [0.2, 0.25) is 0 Å². The highest BCUT2D eigenvalue weighted by atomic mass is 33.1. The normalized spacial score (nSPS) is 15.4. The van der Waals surface area contributed by atoms with Crippen LogP contribution in [0.15, 0.2) is 4.99 Å². The Morgan fingerprint density at radius 2 is 2.20 bits per heavy atom. The van der Waals surface area contributed by atoms with Gasteiger partial charge in [0.15, 0.2) is 0 Å². The highest BCUT2D eigenvalue weighted by Crippen LogP contribution is 1.81. The Balaban J connectivity index is 0.000000162. The molecule has 10 heavy (non-hydrogen) atoms. The summed E-state index contributed by atoms with van der Waals surface area (Å²) in [6.07, 6.45) is 1.74. The lowest BCUT2D eigenvalue weighted by molar-refractivity contribution is 0.503. The minimum absolute atomic E-state index is 0.958. The van der Waals surface area contributed by atoms with Crippen molar-refractivity contribution >= 4 is 27.1 Å². The van der Waals surface area contributed by atoms with Crippen LogP contribution in [-0.4, -0.2) is 32.4 Å². The van der Waals surface area contributed by atoms with Gasteiger partial charge in [-0.3, -0.25) is 9.55 Å². The Kier molecular flexibility index (Phi) is 4.41. The van der Waals surface area contributed by atoms with Gasteiger partial charge in [-0.05, 0) is 11.7 Å². The molecule has 0 saturated carbocycles. The quantitative estimate of drug-likeness (QED) is 0.265. The molecule has 0 saturated heterocycles. The Labute approximate surface area is 64.1 Å². The zero-order valence-corrected chi connectivity index (χ0v) is 6.77. The Morgan fingerprint density at radius 1 is 1.70 bits per heavy atom. The summed E-state index contributed by atoms with van der Waals surface area (Å²) in [5, 5.41) is 2.93. The number of nitrogens with zero attached hydrogens (tertiary/aromatic N) is 1. The fourth-order valence-electron chi connectivity index (χ4n) is 0.323. The first-order valence-corrected chi connectivity index (χ1v) is 4.91. The second kappa shape index (κ2) is 4.53. The van der Waals surface area contributed by atoms with Gasteiger partial charge in [0, 0.05) is 6.54 Å². The van der Waals surface area contributed by atoms with Gasteiger partial charge in [-0.1, -0.05) is 0 Å². The van der Waals surface area contributed by atoms with Crippen LogP contribution in [0.1, 0.15) is 0 Å². The highest BCUT2D eigenvalue weighted by molar-refractivity contribution is 8.61. The topological polar surface area (TPSA) is 78.8 Å². The lowest BCUT2D eigenvalue weighted by atomic mass is 10.7. The zero-order valence-electron chi connectivity index (χ0n) is 5.06. The number of thiol groups is 1. The van der Waals surface area contributed by atoms with Gasteiger partial charge in [-0.15, -0.1) is 0 Å². The molecule has 0 radical (unpaired) electrons. The molecule has 0 aromatic rings. The maximum atomic E-state index is 9.05. The van der Waals surface area contributed by atoms with Crippen molar-refractivity contribution in [3.63, 3.8) is 0 Å². The van der Waals surface area contributed by atoms with Crippen LogP contribution in [0, 0.1) is 0 Å². The van der Waals surface area contributed by atoms with Crippen molar-refractivity contribution in [2.45, 2.75) is 0 Å².